The van der Waals surface area contributed by atoms with E-state index < -0.39 is 5.97 Å². The minimum Gasteiger partial charge on any atom is -0.481 e. The lowest BCUT2D eigenvalue weighted by Gasteiger charge is -1.98. The number of allylic oxidation sites excluding steroid dienone is 4. The zero-order valence-electron chi connectivity index (χ0n) is 17.4. The van der Waals surface area contributed by atoms with E-state index in [9.17, 15) is 4.79 Å². The van der Waals surface area contributed by atoms with Crippen molar-refractivity contribution in [3.05, 3.63) is 24.3 Å². The molecule has 2 nitrogen and oxygen atoms in total. The highest BCUT2D eigenvalue weighted by Gasteiger charge is 1.95. The van der Waals surface area contributed by atoms with Gasteiger partial charge >= 0.3 is 5.97 Å². The first-order chi connectivity index (χ1) is 12.8. The van der Waals surface area contributed by atoms with Crippen molar-refractivity contribution in [2.75, 3.05) is 0 Å². The summed E-state index contributed by atoms with van der Waals surface area (Å²) in [5, 5.41) is 8.56. The lowest BCUT2D eigenvalue weighted by atomic mass is 10.1. The van der Waals surface area contributed by atoms with Crippen molar-refractivity contribution < 1.29 is 9.90 Å². The first-order valence-corrected chi connectivity index (χ1v) is 11.3. The standard InChI is InChI=1S/C24H44O2/c1-2-3-4-5-6-7-8-9-10-11-12-13-14-15-16-17-18-19-20-21-22-23-24(25)26/h9-10,15-16H,2-8,11-14,17-23H2,1H3,(H,25,26). The summed E-state index contributed by atoms with van der Waals surface area (Å²) < 4.78 is 0. The number of carboxylic acid groups (broad SMARTS) is 1. The molecule has 0 fully saturated rings. The third kappa shape index (κ3) is 22.9. The minimum absolute atomic E-state index is 0.328. The second-order valence-corrected chi connectivity index (χ2v) is 7.48. The van der Waals surface area contributed by atoms with E-state index in [1.165, 1.54) is 96.3 Å². The molecule has 0 aromatic rings. The van der Waals surface area contributed by atoms with Crippen LogP contribution >= 0.6 is 0 Å². The van der Waals surface area contributed by atoms with Gasteiger partial charge in [0.05, 0.1) is 0 Å². The fourth-order valence-corrected chi connectivity index (χ4v) is 3.11. The highest BCUT2D eigenvalue weighted by molar-refractivity contribution is 5.66. The molecule has 152 valence electrons. The van der Waals surface area contributed by atoms with Gasteiger partial charge in [0, 0.05) is 6.42 Å². The average Bonchev–Trinajstić information content (AvgIpc) is 2.62. The lowest BCUT2D eigenvalue weighted by Crippen LogP contribution is -1.93. The van der Waals surface area contributed by atoms with Gasteiger partial charge in [-0.1, -0.05) is 82.6 Å². The Bertz CT molecular complexity index is 344. The van der Waals surface area contributed by atoms with Gasteiger partial charge in [0.2, 0.25) is 0 Å². The Balaban J connectivity index is 3.16. The van der Waals surface area contributed by atoms with Gasteiger partial charge < -0.3 is 5.11 Å². The third-order valence-corrected chi connectivity index (χ3v) is 4.81. The van der Waals surface area contributed by atoms with Crippen LogP contribution in [0.3, 0.4) is 0 Å². The van der Waals surface area contributed by atoms with Crippen LogP contribution in [-0.4, -0.2) is 11.1 Å². The smallest absolute Gasteiger partial charge is 0.303 e. The molecule has 0 aliphatic rings. The molecule has 0 heterocycles. The molecule has 0 rings (SSSR count). The summed E-state index contributed by atoms with van der Waals surface area (Å²) in [5.74, 6) is -0.666. The van der Waals surface area contributed by atoms with Crippen molar-refractivity contribution >= 4 is 5.97 Å². The molecular formula is C24H44O2. The van der Waals surface area contributed by atoms with Gasteiger partial charge in [-0.3, -0.25) is 4.79 Å². The fourth-order valence-electron chi connectivity index (χ4n) is 3.11. The van der Waals surface area contributed by atoms with Crippen LogP contribution in [0.15, 0.2) is 24.3 Å². The third-order valence-electron chi connectivity index (χ3n) is 4.81. The SMILES string of the molecule is CCCCCCCCC=CCCCCC=CCCCCCCCC(=O)O. The maximum absolute atomic E-state index is 10.4. The van der Waals surface area contributed by atoms with Crippen LogP contribution < -0.4 is 0 Å². The summed E-state index contributed by atoms with van der Waals surface area (Å²) in [5.41, 5.74) is 0. The molecule has 1 N–H and O–H groups in total. The lowest BCUT2D eigenvalue weighted by molar-refractivity contribution is -0.137. The van der Waals surface area contributed by atoms with E-state index in [1.807, 2.05) is 0 Å². The number of aliphatic carboxylic acids is 1. The maximum atomic E-state index is 10.4. The van der Waals surface area contributed by atoms with Crippen molar-refractivity contribution in [2.24, 2.45) is 0 Å². The quantitative estimate of drug-likeness (QED) is 0.174. The van der Waals surface area contributed by atoms with Crippen molar-refractivity contribution in [3.8, 4) is 0 Å². The number of rotatable bonds is 20. The Morgan fingerprint density at radius 2 is 0.923 bits per heavy atom. The van der Waals surface area contributed by atoms with Gasteiger partial charge in [-0.2, -0.15) is 0 Å². The summed E-state index contributed by atoms with van der Waals surface area (Å²) in [4.78, 5) is 10.4. The first kappa shape index (κ1) is 24.9. The van der Waals surface area contributed by atoms with E-state index in [0.29, 0.717) is 6.42 Å². The van der Waals surface area contributed by atoms with Gasteiger partial charge in [0.15, 0.2) is 0 Å². The number of carboxylic acids is 1. The number of hydrogen-bond donors (Lipinski definition) is 1. The molecule has 0 aromatic carbocycles. The Kier molecular flexibility index (Phi) is 21.1. The molecule has 0 unspecified atom stereocenters. The van der Waals surface area contributed by atoms with E-state index in [0.717, 1.165) is 12.8 Å². The number of carbonyl (C=O) groups is 1. The van der Waals surface area contributed by atoms with Crippen LogP contribution in [-0.2, 0) is 4.79 Å². The summed E-state index contributed by atoms with van der Waals surface area (Å²) >= 11 is 0. The second kappa shape index (κ2) is 22.0. The molecule has 0 aliphatic heterocycles. The predicted molar refractivity (Wildman–Crippen MR) is 115 cm³/mol. The van der Waals surface area contributed by atoms with E-state index in [2.05, 4.69) is 31.2 Å². The van der Waals surface area contributed by atoms with Crippen LogP contribution in [0.25, 0.3) is 0 Å². The molecule has 0 aliphatic carbocycles. The molecular weight excluding hydrogens is 320 g/mol. The van der Waals surface area contributed by atoms with Crippen molar-refractivity contribution in [2.45, 2.75) is 122 Å². The topological polar surface area (TPSA) is 37.3 Å². The zero-order valence-corrected chi connectivity index (χ0v) is 17.4. The molecule has 0 spiro atoms. The number of hydrogen-bond acceptors (Lipinski definition) is 1. The van der Waals surface area contributed by atoms with Crippen LogP contribution in [0.5, 0.6) is 0 Å². The van der Waals surface area contributed by atoms with Crippen LogP contribution in [0.2, 0.25) is 0 Å². The van der Waals surface area contributed by atoms with Gasteiger partial charge in [0.1, 0.15) is 0 Å². The second-order valence-electron chi connectivity index (χ2n) is 7.48. The summed E-state index contributed by atoms with van der Waals surface area (Å²) in [6.45, 7) is 2.27. The van der Waals surface area contributed by atoms with E-state index in [-0.39, 0.29) is 0 Å². The van der Waals surface area contributed by atoms with E-state index in [4.69, 9.17) is 5.11 Å². The molecule has 0 bridgehead atoms. The maximum Gasteiger partial charge on any atom is 0.303 e. The molecule has 2 heteroatoms. The normalized spacial score (nSPS) is 11.7. The highest BCUT2D eigenvalue weighted by atomic mass is 16.4. The minimum atomic E-state index is -0.666. The monoisotopic (exact) mass is 364 g/mol. The van der Waals surface area contributed by atoms with E-state index >= 15 is 0 Å². The van der Waals surface area contributed by atoms with Crippen LogP contribution in [0.1, 0.15) is 122 Å². The van der Waals surface area contributed by atoms with Gasteiger partial charge in [-0.15, -0.1) is 0 Å². The predicted octanol–water partition coefficient (Wildman–Crippen LogP) is 8.23. The summed E-state index contributed by atoms with van der Waals surface area (Å²) in [6.07, 6.45) is 31.1. The van der Waals surface area contributed by atoms with E-state index in [1.54, 1.807) is 0 Å². The molecule has 0 aromatic heterocycles. The number of unbranched alkanes of at least 4 members (excludes halogenated alkanes) is 14. The Labute approximate surface area is 163 Å². The average molecular weight is 365 g/mol. The van der Waals surface area contributed by atoms with Crippen molar-refractivity contribution in [3.63, 3.8) is 0 Å². The summed E-state index contributed by atoms with van der Waals surface area (Å²) in [6, 6.07) is 0. The molecule has 0 amide bonds. The van der Waals surface area contributed by atoms with Crippen LogP contribution in [0, 0.1) is 0 Å². The molecule has 0 saturated carbocycles. The van der Waals surface area contributed by atoms with Gasteiger partial charge in [-0.25, -0.2) is 0 Å². The molecule has 26 heavy (non-hydrogen) atoms. The van der Waals surface area contributed by atoms with Crippen molar-refractivity contribution in [1.82, 2.24) is 0 Å². The van der Waals surface area contributed by atoms with Gasteiger partial charge in [0.25, 0.3) is 0 Å². The highest BCUT2D eigenvalue weighted by Crippen LogP contribution is 2.10. The van der Waals surface area contributed by atoms with Crippen LogP contribution in [0.4, 0.5) is 0 Å². The molecule has 0 radical (unpaired) electrons. The summed E-state index contributed by atoms with van der Waals surface area (Å²) in [7, 11) is 0. The molecule has 0 saturated heterocycles. The Hall–Kier alpha value is -1.05. The first-order valence-electron chi connectivity index (χ1n) is 11.3. The molecule has 0 atom stereocenters. The fraction of sp³-hybridized carbons (Fsp3) is 0.792. The van der Waals surface area contributed by atoms with Crippen molar-refractivity contribution in [1.29, 1.82) is 0 Å². The zero-order chi connectivity index (χ0) is 19.1. The largest absolute Gasteiger partial charge is 0.481 e. The Morgan fingerprint density at radius 1 is 0.577 bits per heavy atom. The Morgan fingerprint density at radius 3 is 1.35 bits per heavy atom. The van der Waals surface area contributed by atoms with Gasteiger partial charge in [-0.05, 0) is 57.8 Å².